The second-order valence-corrected chi connectivity index (χ2v) is 4.75. The first-order chi connectivity index (χ1) is 8.08. The van der Waals surface area contributed by atoms with Crippen molar-refractivity contribution in [3.63, 3.8) is 0 Å². The summed E-state index contributed by atoms with van der Waals surface area (Å²) in [5, 5.41) is 6.05. The van der Waals surface area contributed by atoms with Gasteiger partial charge in [0.15, 0.2) is 0 Å². The number of rotatable bonds is 2. The molecular formula is C12H14ClFN2O. The van der Waals surface area contributed by atoms with Crippen LogP contribution < -0.4 is 10.6 Å². The SMILES string of the molecule is CC1CCNC1C(=O)Nc1cc(Cl)ccc1F. The van der Waals surface area contributed by atoms with Gasteiger partial charge in [-0.1, -0.05) is 18.5 Å². The molecular weight excluding hydrogens is 243 g/mol. The zero-order valence-electron chi connectivity index (χ0n) is 9.47. The fraction of sp³-hybridized carbons (Fsp3) is 0.417. The number of carbonyl (C=O) groups excluding carboxylic acids is 1. The van der Waals surface area contributed by atoms with E-state index < -0.39 is 5.82 Å². The van der Waals surface area contributed by atoms with Crippen molar-refractivity contribution in [3.8, 4) is 0 Å². The first-order valence-electron chi connectivity index (χ1n) is 5.57. The van der Waals surface area contributed by atoms with Crippen LogP contribution in [0.25, 0.3) is 0 Å². The summed E-state index contributed by atoms with van der Waals surface area (Å²) in [5.74, 6) is -0.429. The maximum atomic E-state index is 13.4. The number of hydrogen-bond donors (Lipinski definition) is 2. The minimum Gasteiger partial charge on any atom is -0.322 e. The van der Waals surface area contributed by atoms with E-state index >= 15 is 0 Å². The van der Waals surface area contributed by atoms with E-state index in [0.717, 1.165) is 13.0 Å². The maximum Gasteiger partial charge on any atom is 0.241 e. The van der Waals surface area contributed by atoms with Gasteiger partial charge in [-0.25, -0.2) is 4.39 Å². The van der Waals surface area contributed by atoms with E-state index in [4.69, 9.17) is 11.6 Å². The fourth-order valence-corrected chi connectivity index (χ4v) is 2.16. The Labute approximate surface area is 104 Å². The Morgan fingerprint density at radius 2 is 2.35 bits per heavy atom. The van der Waals surface area contributed by atoms with Gasteiger partial charge >= 0.3 is 0 Å². The van der Waals surface area contributed by atoms with Gasteiger partial charge in [-0.2, -0.15) is 0 Å². The van der Waals surface area contributed by atoms with Crippen molar-refractivity contribution in [1.82, 2.24) is 5.32 Å². The lowest BCUT2D eigenvalue weighted by molar-refractivity contribution is -0.118. The summed E-state index contributed by atoms with van der Waals surface area (Å²) in [7, 11) is 0. The number of carbonyl (C=O) groups is 1. The molecule has 1 amide bonds. The lowest BCUT2D eigenvalue weighted by atomic mass is 10.0. The lowest BCUT2D eigenvalue weighted by Crippen LogP contribution is -2.39. The van der Waals surface area contributed by atoms with E-state index in [0.29, 0.717) is 5.02 Å². The van der Waals surface area contributed by atoms with Crippen LogP contribution in [-0.4, -0.2) is 18.5 Å². The Kier molecular flexibility index (Phi) is 3.64. The van der Waals surface area contributed by atoms with Gasteiger partial charge in [0.05, 0.1) is 11.7 Å². The monoisotopic (exact) mass is 256 g/mol. The maximum absolute atomic E-state index is 13.4. The number of amides is 1. The van der Waals surface area contributed by atoms with E-state index in [2.05, 4.69) is 10.6 Å². The molecule has 1 saturated heterocycles. The normalized spacial score (nSPS) is 23.7. The Balaban J connectivity index is 2.10. The summed E-state index contributed by atoms with van der Waals surface area (Å²) in [4.78, 5) is 11.9. The van der Waals surface area contributed by atoms with Crippen LogP contribution in [0.2, 0.25) is 5.02 Å². The van der Waals surface area contributed by atoms with Crippen LogP contribution in [0.5, 0.6) is 0 Å². The second kappa shape index (κ2) is 5.02. The predicted octanol–water partition coefficient (Wildman–Crippen LogP) is 2.42. The highest BCUT2D eigenvalue weighted by Gasteiger charge is 2.29. The number of halogens is 2. The summed E-state index contributed by atoms with van der Waals surface area (Å²) >= 11 is 5.76. The molecule has 2 atom stereocenters. The predicted molar refractivity (Wildman–Crippen MR) is 65.6 cm³/mol. The molecule has 5 heteroatoms. The van der Waals surface area contributed by atoms with Crippen molar-refractivity contribution in [2.75, 3.05) is 11.9 Å². The third-order valence-corrected chi connectivity index (χ3v) is 3.24. The van der Waals surface area contributed by atoms with Gasteiger partial charge in [0.2, 0.25) is 5.91 Å². The Hall–Kier alpha value is -1.13. The number of hydrogen-bond acceptors (Lipinski definition) is 2. The molecule has 1 aliphatic heterocycles. The van der Waals surface area contributed by atoms with Gasteiger partial charge in [0.25, 0.3) is 0 Å². The van der Waals surface area contributed by atoms with Gasteiger partial charge in [-0.05, 0) is 37.1 Å². The summed E-state index contributed by atoms with van der Waals surface area (Å²) in [6.45, 7) is 2.82. The number of benzene rings is 1. The number of nitrogens with one attached hydrogen (secondary N) is 2. The first-order valence-corrected chi connectivity index (χ1v) is 5.95. The van der Waals surface area contributed by atoms with Crippen LogP contribution in [-0.2, 0) is 4.79 Å². The third-order valence-electron chi connectivity index (χ3n) is 3.00. The van der Waals surface area contributed by atoms with E-state index in [9.17, 15) is 9.18 Å². The Morgan fingerprint density at radius 1 is 1.59 bits per heavy atom. The minimum atomic E-state index is -0.478. The average molecular weight is 257 g/mol. The van der Waals surface area contributed by atoms with Crippen LogP contribution >= 0.6 is 11.6 Å². The molecule has 2 unspecified atom stereocenters. The number of anilines is 1. The molecule has 2 rings (SSSR count). The average Bonchev–Trinajstić information content (AvgIpc) is 2.70. The highest BCUT2D eigenvalue weighted by atomic mass is 35.5. The van der Waals surface area contributed by atoms with E-state index in [1.165, 1.54) is 18.2 Å². The molecule has 3 nitrogen and oxygen atoms in total. The van der Waals surface area contributed by atoms with Gasteiger partial charge in [-0.15, -0.1) is 0 Å². The summed E-state index contributed by atoms with van der Waals surface area (Å²) in [5.41, 5.74) is 0.128. The molecule has 1 aliphatic rings. The molecule has 1 aromatic carbocycles. The van der Waals surface area contributed by atoms with Gasteiger partial charge in [0, 0.05) is 5.02 Å². The highest BCUT2D eigenvalue weighted by molar-refractivity contribution is 6.30. The van der Waals surface area contributed by atoms with Crippen LogP contribution in [0.1, 0.15) is 13.3 Å². The molecule has 2 N–H and O–H groups in total. The van der Waals surface area contributed by atoms with E-state index in [-0.39, 0.29) is 23.6 Å². The molecule has 1 aromatic rings. The molecule has 0 aromatic heterocycles. The third kappa shape index (κ3) is 2.76. The quantitative estimate of drug-likeness (QED) is 0.853. The van der Waals surface area contributed by atoms with Crippen molar-refractivity contribution in [1.29, 1.82) is 0 Å². The van der Waals surface area contributed by atoms with Crippen LogP contribution in [0, 0.1) is 11.7 Å². The summed E-state index contributed by atoms with van der Waals surface area (Å²) in [6.07, 6.45) is 0.954. The second-order valence-electron chi connectivity index (χ2n) is 4.31. The highest BCUT2D eigenvalue weighted by Crippen LogP contribution is 2.21. The smallest absolute Gasteiger partial charge is 0.241 e. The molecule has 1 fully saturated rings. The molecule has 0 radical (unpaired) electrons. The van der Waals surface area contributed by atoms with Gasteiger partial charge in [0.1, 0.15) is 5.82 Å². The van der Waals surface area contributed by atoms with Crippen LogP contribution in [0.15, 0.2) is 18.2 Å². The molecule has 17 heavy (non-hydrogen) atoms. The first kappa shape index (κ1) is 12.3. The van der Waals surface area contributed by atoms with Gasteiger partial charge in [-0.3, -0.25) is 4.79 Å². The van der Waals surface area contributed by atoms with Crippen molar-refractivity contribution >= 4 is 23.2 Å². The standard InChI is InChI=1S/C12H14ClFN2O/c1-7-4-5-15-11(7)12(17)16-10-6-8(13)2-3-9(10)14/h2-3,6-7,11,15H,4-5H2,1H3,(H,16,17). The van der Waals surface area contributed by atoms with Crippen molar-refractivity contribution in [2.24, 2.45) is 5.92 Å². The molecule has 92 valence electrons. The minimum absolute atomic E-state index is 0.128. The Morgan fingerprint density at radius 3 is 3.00 bits per heavy atom. The zero-order chi connectivity index (χ0) is 12.4. The van der Waals surface area contributed by atoms with Crippen molar-refractivity contribution in [3.05, 3.63) is 29.0 Å². The van der Waals surface area contributed by atoms with Gasteiger partial charge < -0.3 is 10.6 Å². The van der Waals surface area contributed by atoms with E-state index in [1.807, 2.05) is 6.92 Å². The summed E-state index contributed by atoms with van der Waals surface area (Å²) in [6, 6.07) is 3.84. The van der Waals surface area contributed by atoms with Crippen LogP contribution in [0.3, 0.4) is 0 Å². The van der Waals surface area contributed by atoms with E-state index in [1.54, 1.807) is 0 Å². The summed E-state index contributed by atoms with van der Waals surface area (Å²) < 4.78 is 13.4. The molecule has 1 heterocycles. The molecule has 0 saturated carbocycles. The van der Waals surface area contributed by atoms with Crippen molar-refractivity contribution < 1.29 is 9.18 Å². The van der Waals surface area contributed by atoms with Crippen LogP contribution in [0.4, 0.5) is 10.1 Å². The zero-order valence-corrected chi connectivity index (χ0v) is 10.2. The molecule has 0 bridgehead atoms. The fourth-order valence-electron chi connectivity index (χ4n) is 1.99. The molecule has 0 aliphatic carbocycles. The lowest BCUT2D eigenvalue weighted by Gasteiger charge is -2.15. The molecule has 0 spiro atoms. The Bertz CT molecular complexity index is 439. The largest absolute Gasteiger partial charge is 0.322 e. The topological polar surface area (TPSA) is 41.1 Å². The van der Waals surface area contributed by atoms with Crippen molar-refractivity contribution in [2.45, 2.75) is 19.4 Å².